The summed E-state index contributed by atoms with van der Waals surface area (Å²) in [5.74, 6) is 1.63. The van der Waals surface area contributed by atoms with Gasteiger partial charge in [-0.15, -0.1) is 0 Å². The number of aryl methyl sites for hydroxylation is 1. The second-order valence-corrected chi connectivity index (χ2v) is 5.74. The van der Waals surface area contributed by atoms with Crippen LogP contribution >= 0.6 is 11.6 Å². The number of hydrogen-bond acceptors (Lipinski definition) is 2. The predicted octanol–water partition coefficient (Wildman–Crippen LogP) is 3.76. The number of hydrogen-bond donors (Lipinski definition) is 0. The van der Waals surface area contributed by atoms with E-state index in [0.29, 0.717) is 5.02 Å². The zero-order chi connectivity index (χ0) is 13.0. The van der Waals surface area contributed by atoms with Gasteiger partial charge in [-0.25, -0.2) is 0 Å². The molecular formula is C15H22ClNO. The van der Waals surface area contributed by atoms with Gasteiger partial charge in [-0.3, -0.25) is 4.90 Å². The van der Waals surface area contributed by atoms with Crippen LogP contribution in [0.25, 0.3) is 0 Å². The van der Waals surface area contributed by atoms with Crippen LogP contribution in [0.1, 0.15) is 25.3 Å². The smallest absolute Gasteiger partial charge is 0.138 e. The van der Waals surface area contributed by atoms with E-state index >= 15 is 0 Å². The van der Waals surface area contributed by atoms with E-state index in [1.54, 1.807) is 0 Å². The SMILES string of the molecule is Cc1ccc(Cl)c(OCCN2CCCC(C)C2)c1. The Hall–Kier alpha value is -0.730. The van der Waals surface area contributed by atoms with Crippen LogP contribution in [-0.2, 0) is 0 Å². The molecule has 0 aliphatic carbocycles. The summed E-state index contributed by atoms with van der Waals surface area (Å²) in [4.78, 5) is 2.48. The summed E-state index contributed by atoms with van der Waals surface area (Å²) in [6.45, 7) is 8.49. The molecule has 100 valence electrons. The van der Waals surface area contributed by atoms with E-state index in [0.717, 1.165) is 24.8 Å². The van der Waals surface area contributed by atoms with Crippen molar-refractivity contribution in [2.24, 2.45) is 5.92 Å². The fourth-order valence-electron chi connectivity index (χ4n) is 2.50. The van der Waals surface area contributed by atoms with Crippen LogP contribution in [0.15, 0.2) is 18.2 Å². The normalized spacial score (nSPS) is 20.9. The predicted molar refractivity (Wildman–Crippen MR) is 76.5 cm³/mol. The van der Waals surface area contributed by atoms with Crippen molar-refractivity contribution in [2.75, 3.05) is 26.2 Å². The lowest BCUT2D eigenvalue weighted by Crippen LogP contribution is -2.37. The molecular weight excluding hydrogens is 246 g/mol. The standard InChI is InChI=1S/C15H22ClNO/c1-12-5-6-14(16)15(10-12)18-9-8-17-7-3-4-13(2)11-17/h5-6,10,13H,3-4,7-9,11H2,1-2H3. The summed E-state index contributed by atoms with van der Waals surface area (Å²) in [5, 5.41) is 0.701. The third kappa shape index (κ3) is 3.89. The molecule has 0 spiro atoms. The number of piperidine rings is 1. The molecule has 1 aromatic rings. The highest BCUT2D eigenvalue weighted by Crippen LogP contribution is 2.25. The number of halogens is 1. The number of nitrogens with zero attached hydrogens (tertiary/aromatic N) is 1. The largest absolute Gasteiger partial charge is 0.491 e. The number of benzene rings is 1. The average Bonchev–Trinajstić information content (AvgIpc) is 2.34. The zero-order valence-corrected chi connectivity index (χ0v) is 12.0. The minimum absolute atomic E-state index is 0.701. The van der Waals surface area contributed by atoms with E-state index < -0.39 is 0 Å². The summed E-state index contributed by atoms with van der Waals surface area (Å²) in [6.07, 6.45) is 2.67. The van der Waals surface area contributed by atoms with Crippen molar-refractivity contribution in [3.05, 3.63) is 28.8 Å². The Morgan fingerprint density at radius 3 is 3.06 bits per heavy atom. The van der Waals surface area contributed by atoms with E-state index in [-0.39, 0.29) is 0 Å². The number of likely N-dealkylation sites (tertiary alicyclic amines) is 1. The molecule has 2 nitrogen and oxygen atoms in total. The summed E-state index contributed by atoms with van der Waals surface area (Å²) in [6, 6.07) is 5.90. The van der Waals surface area contributed by atoms with E-state index in [2.05, 4.69) is 18.7 Å². The van der Waals surface area contributed by atoms with E-state index in [1.165, 1.54) is 31.5 Å². The van der Waals surface area contributed by atoms with Crippen LogP contribution in [0.2, 0.25) is 5.02 Å². The third-order valence-corrected chi connectivity index (χ3v) is 3.81. The summed E-state index contributed by atoms with van der Waals surface area (Å²) in [5.41, 5.74) is 1.18. The molecule has 2 rings (SSSR count). The highest BCUT2D eigenvalue weighted by molar-refractivity contribution is 6.32. The van der Waals surface area contributed by atoms with E-state index in [1.807, 2.05) is 18.2 Å². The Morgan fingerprint density at radius 2 is 2.28 bits per heavy atom. The average molecular weight is 268 g/mol. The van der Waals surface area contributed by atoms with E-state index in [9.17, 15) is 0 Å². The first-order valence-electron chi connectivity index (χ1n) is 6.76. The first-order valence-corrected chi connectivity index (χ1v) is 7.14. The van der Waals surface area contributed by atoms with Crippen molar-refractivity contribution in [1.29, 1.82) is 0 Å². The molecule has 1 heterocycles. The molecule has 1 saturated heterocycles. The molecule has 1 fully saturated rings. The van der Waals surface area contributed by atoms with Crippen LogP contribution < -0.4 is 4.74 Å². The lowest BCUT2D eigenvalue weighted by atomic mass is 10.0. The zero-order valence-electron chi connectivity index (χ0n) is 11.3. The first-order chi connectivity index (χ1) is 8.65. The molecule has 0 radical (unpaired) electrons. The molecule has 0 saturated carbocycles. The minimum atomic E-state index is 0.701. The first kappa shape index (κ1) is 13.7. The van der Waals surface area contributed by atoms with Gasteiger partial charge in [0.05, 0.1) is 5.02 Å². The Balaban J connectivity index is 1.79. The highest BCUT2D eigenvalue weighted by atomic mass is 35.5. The molecule has 0 bridgehead atoms. The molecule has 0 N–H and O–H groups in total. The molecule has 1 unspecified atom stereocenters. The monoisotopic (exact) mass is 267 g/mol. The maximum atomic E-state index is 6.10. The van der Waals surface area contributed by atoms with Gasteiger partial charge in [-0.05, 0) is 49.9 Å². The van der Waals surface area contributed by atoms with Crippen LogP contribution in [-0.4, -0.2) is 31.1 Å². The van der Waals surface area contributed by atoms with Gasteiger partial charge < -0.3 is 4.74 Å². The summed E-state index contributed by atoms with van der Waals surface area (Å²) in [7, 11) is 0. The van der Waals surface area contributed by atoms with Gasteiger partial charge in [-0.2, -0.15) is 0 Å². The number of rotatable bonds is 4. The molecule has 18 heavy (non-hydrogen) atoms. The molecule has 1 atom stereocenters. The van der Waals surface area contributed by atoms with Gasteiger partial charge in [0.25, 0.3) is 0 Å². The van der Waals surface area contributed by atoms with Gasteiger partial charge in [-0.1, -0.05) is 24.6 Å². The van der Waals surface area contributed by atoms with Gasteiger partial charge >= 0.3 is 0 Å². The second-order valence-electron chi connectivity index (χ2n) is 5.33. The fraction of sp³-hybridized carbons (Fsp3) is 0.600. The summed E-state index contributed by atoms with van der Waals surface area (Å²) < 4.78 is 5.78. The number of ether oxygens (including phenoxy) is 1. The van der Waals surface area contributed by atoms with Crippen molar-refractivity contribution in [3.8, 4) is 5.75 Å². The fourth-order valence-corrected chi connectivity index (χ4v) is 2.67. The lowest BCUT2D eigenvalue weighted by molar-refractivity contribution is 0.153. The van der Waals surface area contributed by atoms with Gasteiger partial charge in [0.2, 0.25) is 0 Å². The Bertz CT molecular complexity index is 394. The molecule has 0 aromatic heterocycles. The van der Waals surface area contributed by atoms with Gasteiger partial charge in [0.1, 0.15) is 12.4 Å². The highest BCUT2D eigenvalue weighted by Gasteiger charge is 2.15. The molecule has 1 aliphatic rings. The Morgan fingerprint density at radius 1 is 1.44 bits per heavy atom. The Kier molecular flexibility index (Phi) is 4.90. The Labute approximate surface area is 115 Å². The molecule has 0 amide bonds. The lowest BCUT2D eigenvalue weighted by Gasteiger charge is -2.30. The topological polar surface area (TPSA) is 12.5 Å². The minimum Gasteiger partial charge on any atom is -0.491 e. The maximum absolute atomic E-state index is 6.10. The van der Waals surface area contributed by atoms with Crippen LogP contribution in [0, 0.1) is 12.8 Å². The molecule has 3 heteroatoms. The van der Waals surface area contributed by atoms with Crippen molar-refractivity contribution in [3.63, 3.8) is 0 Å². The molecule has 1 aromatic carbocycles. The van der Waals surface area contributed by atoms with E-state index in [4.69, 9.17) is 16.3 Å². The molecule has 1 aliphatic heterocycles. The van der Waals surface area contributed by atoms with Crippen molar-refractivity contribution < 1.29 is 4.74 Å². The second kappa shape index (κ2) is 6.44. The van der Waals surface area contributed by atoms with Crippen LogP contribution in [0.4, 0.5) is 0 Å². The van der Waals surface area contributed by atoms with Crippen molar-refractivity contribution in [2.45, 2.75) is 26.7 Å². The van der Waals surface area contributed by atoms with Gasteiger partial charge in [0, 0.05) is 13.1 Å². The summed E-state index contributed by atoms with van der Waals surface area (Å²) >= 11 is 6.10. The van der Waals surface area contributed by atoms with Crippen molar-refractivity contribution in [1.82, 2.24) is 4.90 Å². The third-order valence-electron chi connectivity index (χ3n) is 3.49. The van der Waals surface area contributed by atoms with Crippen molar-refractivity contribution >= 4 is 11.6 Å². The quantitative estimate of drug-likeness (QED) is 0.824. The van der Waals surface area contributed by atoms with Crippen LogP contribution in [0.5, 0.6) is 5.75 Å². The van der Waals surface area contributed by atoms with Crippen LogP contribution in [0.3, 0.4) is 0 Å². The van der Waals surface area contributed by atoms with Gasteiger partial charge in [0.15, 0.2) is 0 Å². The maximum Gasteiger partial charge on any atom is 0.138 e.